The summed E-state index contributed by atoms with van der Waals surface area (Å²) in [5.41, 5.74) is 3.08. The lowest BCUT2D eigenvalue weighted by Gasteiger charge is -2.32. The summed E-state index contributed by atoms with van der Waals surface area (Å²) in [6.45, 7) is 9.42. The minimum atomic E-state index is -2.57. The predicted molar refractivity (Wildman–Crippen MR) is 173 cm³/mol. The molecule has 1 amide bonds. The molecule has 1 atom stereocenters. The minimum absolute atomic E-state index is 0.0799. The van der Waals surface area contributed by atoms with Crippen LogP contribution in [0.25, 0.3) is 33.6 Å². The fourth-order valence-corrected chi connectivity index (χ4v) is 6.43. The molecule has 0 N–H and O–H groups in total. The number of carbonyl (C=O) groups excluding carboxylic acids is 1. The molecule has 1 aliphatic heterocycles. The lowest BCUT2D eigenvalue weighted by Crippen LogP contribution is -2.40. The van der Waals surface area contributed by atoms with Crippen LogP contribution in [0.3, 0.4) is 0 Å². The van der Waals surface area contributed by atoms with Crippen LogP contribution in [0.2, 0.25) is 5.02 Å². The van der Waals surface area contributed by atoms with Crippen LogP contribution in [0.4, 0.5) is 8.78 Å². The van der Waals surface area contributed by atoms with E-state index in [2.05, 4.69) is 6.92 Å². The third-order valence-corrected chi connectivity index (χ3v) is 8.60. The van der Waals surface area contributed by atoms with Crippen molar-refractivity contribution >= 4 is 34.9 Å². The Balaban J connectivity index is 1.76. The Bertz CT molecular complexity index is 1760. The van der Waals surface area contributed by atoms with E-state index < -0.39 is 12.0 Å². The van der Waals surface area contributed by atoms with E-state index in [0.29, 0.717) is 69.6 Å². The Kier molecular flexibility index (Phi) is 9.65. The second-order valence-corrected chi connectivity index (χ2v) is 12.5. The van der Waals surface area contributed by atoms with Crippen molar-refractivity contribution in [2.24, 2.45) is 5.92 Å². The minimum Gasteiger partial charge on any atom is -0.492 e. The van der Waals surface area contributed by atoms with Crippen molar-refractivity contribution in [3.05, 3.63) is 91.7 Å². The summed E-state index contributed by atoms with van der Waals surface area (Å²) in [6.07, 6.45) is 1.22. The number of amides is 1. The van der Waals surface area contributed by atoms with Crippen LogP contribution in [-0.2, 0) is 0 Å². The van der Waals surface area contributed by atoms with E-state index in [0.717, 1.165) is 18.4 Å². The van der Waals surface area contributed by atoms with Crippen molar-refractivity contribution in [3.63, 3.8) is 0 Å². The van der Waals surface area contributed by atoms with Crippen LogP contribution < -0.4 is 10.3 Å². The Hall–Kier alpha value is -3.82. The van der Waals surface area contributed by atoms with Gasteiger partial charge in [0, 0.05) is 34.6 Å². The molecule has 6 nitrogen and oxygen atoms in total. The fraction of sp³-hybridized carbons (Fsp3) is 0.324. The van der Waals surface area contributed by atoms with Gasteiger partial charge in [-0.25, -0.2) is 13.8 Å². The number of piperidine rings is 1. The first-order valence-electron chi connectivity index (χ1n) is 14.6. The number of alkyl halides is 2. The summed E-state index contributed by atoms with van der Waals surface area (Å²) in [5, 5.41) is 2.59. The smallest absolute Gasteiger partial charge is 0.266 e. The lowest BCUT2D eigenvalue weighted by atomic mass is 9.98. The molecule has 1 saturated heterocycles. The van der Waals surface area contributed by atoms with Crippen molar-refractivity contribution in [1.82, 2.24) is 14.5 Å². The quantitative estimate of drug-likeness (QED) is 0.194. The summed E-state index contributed by atoms with van der Waals surface area (Å²) >= 11 is 7.71. The second kappa shape index (κ2) is 13.4. The lowest BCUT2D eigenvalue weighted by molar-refractivity contribution is 0.0682. The van der Waals surface area contributed by atoms with Gasteiger partial charge in [0.1, 0.15) is 10.8 Å². The van der Waals surface area contributed by atoms with E-state index >= 15 is 0 Å². The second-order valence-electron chi connectivity index (χ2n) is 11.2. The monoisotopic (exact) mass is 637 g/mol. The number of rotatable bonds is 8. The molecule has 0 unspecified atom stereocenters. The van der Waals surface area contributed by atoms with Gasteiger partial charge >= 0.3 is 0 Å². The number of likely N-dealkylation sites (tertiary alicyclic amines) is 1. The highest BCUT2D eigenvalue weighted by Gasteiger charge is 2.28. The molecule has 0 radical (unpaired) electrons. The number of hydrogen-bond donors (Lipinski definition) is 0. The Morgan fingerprint density at radius 3 is 2.59 bits per heavy atom. The molecule has 1 aliphatic rings. The largest absolute Gasteiger partial charge is 0.492 e. The molecule has 1 fully saturated rings. The van der Waals surface area contributed by atoms with Gasteiger partial charge in [0.2, 0.25) is 0 Å². The average molecular weight is 638 g/mol. The van der Waals surface area contributed by atoms with Gasteiger partial charge < -0.3 is 9.64 Å². The fourth-order valence-electron chi connectivity index (χ4n) is 5.43. The molecule has 2 aromatic carbocycles. The zero-order valence-corrected chi connectivity index (χ0v) is 26.6. The third-order valence-electron chi connectivity index (χ3n) is 7.49. The highest BCUT2D eigenvalue weighted by molar-refractivity contribution is 7.13. The molecule has 0 aliphatic carbocycles. The Morgan fingerprint density at radius 2 is 1.93 bits per heavy atom. The molecule has 2 aromatic heterocycles. The van der Waals surface area contributed by atoms with Crippen LogP contribution in [0.5, 0.6) is 5.75 Å². The summed E-state index contributed by atoms with van der Waals surface area (Å²) in [4.78, 5) is 35.3. The van der Waals surface area contributed by atoms with Crippen LogP contribution in [0.15, 0.2) is 64.3 Å². The highest BCUT2D eigenvalue weighted by atomic mass is 35.5. The van der Waals surface area contributed by atoms with E-state index in [9.17, 15) is 18.4 Å². The van der Waals surface area contributed by atoms with Gasteiger partial charge in [-0.2, -0.15) is 0 Å². The van der Waals surface area contributed by atoms with Crippen LogP contribution >= 0.6 is 22.9 Å². The van der Waals surface area contributed by atoms with Gasteiger partial charge in [-0.05, 0) is 69.9 Å². The number of nitrogens with zero attached hydrogens (tertiary/aromatic N) is 3. The highest BCUT2D eigenvalue weighted by Crippen LogP contribution is 2.34. The first-order valence-corrected chi connectivity index (χ1v) is 15.8. The molecular weight excluding hydrogens is 604 g/mol. The summed E-state index contributed by atoms with van der Waals surface area (Å²) < 4.78 is 33.7. The van der Waals surface area contributed by atoms with Crippen molar-refractivity contribution in [3.8, 4) is 33.3 Å². The molecule has 5 rings (SSSR count). The summed E-state index contributed by atoms with van der Waals surface area (Å²) in [7, 11) is 0. The molecule has 0 bridgehead atoms. The van der Waals surface area contributed by atoms with Gasteiger partial charge in [0.15, 0.2) is 0 Å². The molecule has 44 heavy (non-hydrogen) atoms. The number of pyridine rings is 1. The average Bonchev–Trinajstić information content (AvgIpc) is 3.48. The van der Waals surface area contributed by atoms with Crippen LogP contribution in [0.1, 0.15) is 68.6 Å². The van der Waals surface area contributed by atoms with Gasteiger partial charge in [-0.15, -0.1) is 11.3 Å². The summed E-state index contributed by atoms with van der Waals surface area (Å²) in [6, 6.07) is 12.6. The van der Waals surface area contributed by atoms with Crippen molar-refractivity contribution in [2.45, 2.75) is 47.0 Å². The topological polar surface area (TPSA) is 64.4 Å². The molecule has 0 saturated carbocycles. The number of aromatic nitrogens is 2. The summed E-state index contributed by atoms with van der Waals surface area (Å²) in [5.74, 6) is 0.641. The number of allylic oxidation sites excluding steroid dienone is 1. The van der Waals surface area contributed by atoms with Gasteiger partial charge in [0.05, 0.1) is 34.8 Å². The van der Waals surface area contributed by atoms with E-state index in [1.807, 2.05) is 31.7 Å². The van der Waals surface area contributed by atoms with E-state index in [-0.39, 0.29) is 17.0 Å². The number of benzene rings is 2. The third kappa shape index (κ3) is 6.64. The molecular formula is C34H34ClF2N3O3S. The number of thiazole rings is 1. The van der Waals surface area contributed by atoms with Gasteiger partial charge in [0.25, 0.3) is 17.9 Å². The molecule has 230 valence electrons. The molecule has 0 spiro atoms. The number of ether oxygens (including phenoxy) is 1. The maximum absolute atomic E-state index is 14.5. The maximum atomic E-state index is 14.5. The maximum Gasteiger partial charge on any atom is 0.266 e. The van der Waals surface area contributed by atoms with E-state index in [1.54, 1.807) is 41.8 Å². The normalized spacial score (nSPS) is 15.0. The SMILES string of the molecule is CCOc1ccc(Cl)cc1-n1c(C=C(C)C)c(C(=O)N2CCC[C@H](C)C2)cc(-c2nc(-c3ccc(C(F)F)cc3)cs2)c1=O. The number of halogens is 3. The Labute approximate surface area is 264 Å². The van der Waals surface area contributed by atoms with Crippen molar-refractivity contribution in [2.75, 3.05) is 19.7 Å². The van der Waals surface area contributed by atoms with Crippen molar-refractivity contribution in [1.29, 1.82) is 0 Å². The standard InChI is InChI=1S/C34H34ClF2N3O3S/c1-5-43-30-13-12-24(35)16-29(30)40-28(15-20(2)3)25(33(41)39-14-6-7-21(4)18-39)17-26(34(40)42)32-38-27(19-44-32)22-8-10-23(11-9-22)31(36)37/h8-13,15-17,19,21,31H,5-7,14,18H2,1-4H3/t21-/m0/s1. The first kappa shape index (κ1) is 31.6. The molecule has 10 heteroatoms. The molecule has 3 heterocycles. The number of hydrogen-bond acceptors (Lipinski definition) is 5. The van der Waals surface area contributed by atoms with Gasteiger partial charge in [-0.1, -0.05) is 48.4 Å². The Morgan fingerprint density at radius 1 is 1.18 bits per heavy atom. The van der Waals surface area contributed by atoms with E-state index in [4.69, 9.17) is 21.3 Å². The zero-order chi connectivity index (χ0) is 31.5. The zero-order valence-electron chi connectivity index (χ0n) is 25.1. The van der Waals surface area contributed by atoms with Crippen LogP contribution in [-0.4, -0.2) is 40.1 Å². The molecule has 4 aromatic rings. The first-order chi connectivity index (χ1) is 21.1. The van der Waals surface area contributed by atoms with E-state index in [1.165, 1.54) is 28.0 Å². The number of carbonyl (C=O) groups is 1. The van der Waals surface area contributed by atoms with Crippen LogP contribution in [0, 0.1) is 5.92 Å². The van der Waals surface area contributed by atoms with Crippen molar-refractivity contribution < 1.29 is 18.3 Å². The predicted octanol–water partition coefficient (Wildman–Crippen LogP) is 8.91. The van der Waals surface area contributed by atoms with Gasteiger partial charge in [-0.3, -0.25) is 14.2 Å².